The van der Waals surface area contributed by atoms with E-state index in [1.807, 2.05) is 0 Å². The van der Waals surface area contributed by atoms with E-state index in [1.165, 1.54) is 12.1 Å². The van der Waals surface area contributed by atoms with Crippen molar-refractivity contribution in [3.05, 3.63) is 59.7 Å². The van der Waals surface area contributed by atoms with Crippen LogP contribution in [0.3, 0.4) is 0 Å². The molecule has 0 radical (unpaired) electrons. The molecule has 0 bridgehead atoms. The van der Waals surface area contributed by atoms with E-state index in [9.17, 15) is 18.4 Å². The summed E-state index contributed by atoms with van der Waals surface area (Å²) in [5.74, 6) is -1.87. The second kappa shape index (κ2) is 7.64. The molecule has 0 aliphatic carbocycles. The number of nitrogens with zero attached hydrogens (tertiary/aromatic N) is 1. The first-order chi connectivity index (χ1) is 12.5. The fraction of sp³-hybridized carbons (Fsp3) is 0.300. The van der Waals surface area contributed by atoms with Gasteiger partial charge in [0.2, 0.25) is 5.91 Å². The first-order valence-corrected chi connectivity index (χ1v) is 8.60. The number of nitrogens with two attached hydrogens (primary N) is 1. The SMILES string of the molecule is NC(=O)C[C@H]1CCCCN1C(=O)c1ccc(-c2ccc(F)cc2F)cc1. The molecule has 1 saturated heterocycles. The Labute approximate surface area is 150 Å². The minimum Gasteiger partial charge on any atom is -0.370 e. The van der Waals surface area contributed by atoms with Crippen molar-refractivity contribution in [2.24, 2.45) is 5.73 Å². The second-order valence-electron chi connectivity index (χ2n) is 6.52. The minimum atomic E-state index is -0.651. The summed E-state index contributed by atoms with van der Waals surface area (Å²) in [6.07, 6.45) is 2.77. The van der Waals surface area contributed by atoms with E-state index >= 15 is 0 Å². The zero-order valence-electron chi connectivity index (χ0n) is 14.3. The van der Waals surface area contributed by atoms with E-state index in [1.54, 1.807) is 29.2 Å². The second-order valence-corrected chi connectivity index (χ2v) is 6.52. The Kier molecular flexibility index (Phi) is 5.30. The molecule has 2 N–H and O–H groups in total. The number of hydrogen-bond donors (Lipinski definition) is 1. The van der Waals surface area contributed by atoms with Crippen molar-refractivity contribution >= 4 is 11.8 Å². The molecule has 6 heteroatoms. The fourth-order valence-corrected chi connectivity index (χ4v) is 3.39. The molecule has 1 aliphatic heterocycles. The largest absolute Gasteiger partial charge is 0.370 e. The van der Waals surface area contributed by atoms with Crippen molar-refractivity contribution in [1.29, 1.82) is 0 Å². The highest BCUT2D eigenvalue weighted by Gasteiger charge is 2.28. The van der Waals surface area contributed by atoms with Crippen LogP contribution in [0, 0.1) is 11.6 Å². The molecule has 0 saturated carbocycles. The highest BCUT2D eigenvalue weighted by molar-refractivity contribution is 5.95. The maximum atomic E-state index is 13.9. The van der Waals surface area contributed by atoms with Crippen LogP contribution in [0.1, 0.15) is 36.0 Å². The standard InChI is InChI=1S/C20H20F2N2O2/c21-15-8-9-17(18(22)11-15)13-4-6-14(7-5-13)20(26)24-10-2-1-3-16(24)12-19(23)25/h4-9,11,16H,1-3,10,12H2,(H2,23,25)/t16-/m1/s1. The molecular formula is C20H20F2N2O2. The van der Waals surface area contributed by atoms with Crippen LogP contribution >= 0.6 is 0 Å². The van der Waals surface area contributed by atoms with Crippen LogP contribution in [0.5, 0.6) is 0 Å². The topological polar surface area (TPSA) is 63.4 Å². The molecule has 0 spiro atoms. The molecule has 2 aromatic rings. The summed E-state index contributed by atoms with van der Waals surface area (Å²) in [6.45, 7) is 0.588. The summed E-state index contributed by atoms with van der Waals surface area (Å²) >= 11 is 0. The normalized spacial score (nSPS) is 17.2. The molecule has 1 heterocycles. The Hall–Kier alpha value is -2.76. The van der Waals surface area contributed by atoms with Gasteiger partial charge in [0, 0.05) is 36.2 Å². The monoisotopic (exact) mass is 358 g/mol. The number of halogens is 2. The predicted molar refractivity (Wildman–Crippen MR) is 94.3 cm³/mol. The summed E-state index contributed by atoms with van der Waals surface area (Å²) < 4.78 is 26.9. The third kappa shape index (κ3) is 3.90. The zero-order valence-corrected chi connectivity index (χ0v) is 14.3. The number of carbonyl (C=O) groups is 2. The molecule has 1 fully saturated rings. The number of carbonyl (C=O) groups excluding carboxylic acids is 2. The molecule has 4 nitrogen and oxygen atoms in total. The van der Waals surface area contributed by atoms with Crippen molar-refractivity contribution < 1.29 is 18.4 Å². The van der Waals surface area contributed by atoms with Gasteiger partial charge in [-0.25, -0.2) is 8.78 Å². The average Bonchev–Trinajstić information content (AvgIpc) is 2.61. The molecule has 3 rings (SSSR count). The summed E-state index contributed by atoms with van der Waals surface area (Å²) in [5.41, 5.74) is 6.59. The van der Waals surface area contributed by atoms with Crippen molar-refractivity contribution in [1.82, 2.24) is 4.90 Å². The number of rotatable bonds is 4. The van der Waals surface area contributed by atoms with Crippen LogP contribution in [-0.4, -0.2) is 29.3 Å². The average molecular weight is 358 g/mol. The Balaban J connectivity index is 1.81. The molecule has 0 unspecified atom stereocenters. The van der Waals surface area contributed by atoms with E-state index in [2.05, 4.69) is 0 Å². The summed E-state index contributed by atoms with van der Waals surface area (Å²) in [5, 5.41) is 0. The molecule has 26 heavy (non-hydrogen) atoms. The fourth-order valence-electron chi connectivity index (χ4n) is 3.39. The Morgan fingerprint density at radius 3 is 2.46 bits per heavy atom. The van der Waals surface area contributed by atoms with Gasteiger partial charge in [-0.2, -0.15) is 0 Å². The van der Waals surface area contributed by atoms with Crippen molar-refractivity contribution in [3.63, 3.8) is 0 Å². The van der Waals surface area contributed by atoms with Gasteiger partial charge >= 0.3 is 0 Å². The smallest absolute Gasteiger partial charge is 0.254 e. The number of amides is 2. The molecule has 0 aromatic heterocycles. The van der Waals surface area contributed by atoms with Crippen LogP contribution in [0.2, 0.25) is 0 Å². The number of benzene rings is 2. The van der Waals surface area contributed by atoms with E-state index in [0.29, 0.717) is 17.7 Å². The van der Waals surface area contributed by atoms with Gasteiger partial charge in [0.1, 0.15) is 11.6 Å². The van der Waals surface area contributed by atoms with Gasteiger partial charge in [0.15, 0.2) is 0 Å². The number of hydrogen-bond acceptors (Lipinski definition) is 2. The predicted octanol–water partition coefficient (Wildman–Crippen LogP) is 3.50. The van der Waals surface area contributed by atoms with Gasteiger partial charge in [-0.05, 0) is 49.1 Å². The van der Waals surface area contributed by atoms with Crippen LogP contribution < -0.4 is 5.73 Å². The molecule has 136 valence electrons. The summed E-state index contributed by atoms with van der Waals surface area (Å²) in [6, 6.07) is 9.73. The van der Waals surface area contributed by atoms with E-state index in [4.69, 9.17) is 5.73 Å². The lowest BCUT2D eigenvalue weighted by atomic mass is 9.97. The highest BCUT2D eigenvalue weighted by Crippen LogP contribution is 2.26. The first kappa shape index (κ1) is 18.0. The lowest BCUT2D eigenvalue weighted by Gasteiger charge is -2.35. The van der Waals surface area contributed by atoms with Crippen molar-refractivity contribution in [2.75, 3.05) is 6.54 Å². The van der Waals surface area contributed by atoms with Gasteiger partial charge in [0.25, 0.3) is 5.91 Å². The molecule has 1 aliphatic rings. The Morgan fingerprint density at radius 1 is 1.08 bits per heavy atom. The zero-order chi connectivity index (χ0) is 18.7. The van der Waals surface area contributed by atoms with Crippen LogP contribution in [0.25, 0.3) is 11.1 Å². The maximum Gasteiger partial charge on any atom is 0.254 e. The van der Waals surface area contributed by atoms with Crippen LogP contribution in [0.15, 0.2) is 42.5 Å². The molecule has 2 amide bonds. The molecule has 1 atom stereocenters. The van der Waals surface area contributed by atoms with Gasteiger partial charge in [-0.15, -0.1) is 0 Å². The van der Waals surface area contributed by atoms with Crippen molar-refractivity contribution in [3.8, 4) is 11.1 Å². The minimum absolute atomic E-state index is 0.157. The number of likely N-dealkylation sites (tertiary alicyclic amines) is 1. The number of piperidine rings is 1. The van der Waals surface area contributed by atoms with E-state index < -0.39 is 17.5 Å². The van der Waals surface area contributed by atoms with Gasteiger partial charge < -0.3 is 10.6 Å². The summed E-state index contributed by atoms with van der Waals surface area (Å²) in [4.78, 5) is 25.7. The number of primary amides is 1. The van der Waals surface area contributed by atoms with Gasteiger partial charge in [-0.1, -0.05) is 12.1 Å². The van der Waals surface area contributed by atoms with Gasteiger partial charge in [-0.3, -0.25) is 9.59 Å². The molecule has 2 aromatic carbocycles. The lowest BCUT2D eigenvalue weighted by Crippen LogP contribution is -2.45. The maximum absolute atomic E-state index is 13.9. The Bertz CT molecular complexity index is 821. The van der Waals surface area contributed by atoms with E-state index in [0.717, 1.165) is 25.3 Å². The van der Waals surface area contributed by atoms with Gasteiger partial charge in [0.05, 0.1) is 0 Å². The first-order valence-electron chi connectivity index (χ1n) is 8.60. The molecular weight excluding hydrogens is 338 g/mol. The van der Waals surface area contributed by atoms with Crippen LogP contribution in [0.4, 0.5) is 8.78 Å². The lowest BCUT2D eigenvalue weighted by molar-refractivity contribution is -0.119. The van der Waals surface area contributed by atoms with Crippen molar-refractivity contribution in [2.45, 2.75) is 31.7 Å². The quantitative estimate of drug-likeness (QED) is 0.909. The highest BCUT2D eigenvalue weighted by atomic mass is 19.1. The third-order valence-electron chi connectivity index (χ3n) is 4.70. The van der Waals surface area contributed by atoms with Crippen LogP contribution in [-0.2, 0) is 4.79 Å². The third-order valence-corrected chi connectivity index (χ3v) is 4.70. The Morgan fingerprint density at radius 2 is 1.81 bits per heavy atom. The summed E-state index contributed by atoms with van der Waals surface area (Å²) in [7, 11) is 0. The van der Waals surface area contributed by atoms with E-state index in [-0.39, 0.29) is 23.9 Å².